The summed E-state index contributed by atoms with van der Waals surface area (Å²) in [6.07, 6.45) is 1.42. The summed E-state index contributed by atoms with van der Waals surface area (Å²) in [6.45, 7) is 0. The number of imidazole rings is 1. The van der Waals surface area contributed by atoms with Crippen molar-refractivity contribution in [1.29, 1.82) is 0 Å². The second-order valence-corrected chi connectivity index (χ2v) is 3.48. The van der Waals surface area contributed by atoms with Crippen LogP contribution in [0.4, 0.5) is 4.39 Å². The highest BCUT2D eigenvalue weighted by atomic mass is 19.1. The van der Waals surface area contributed by atoms with Gasteiger partial charge in [-0.2, -0.15) is 4.98 Å². The summed E-state index contributed by atoms with van der Waals surface area (Å²) < 4.78 is 12.8. The van der Waals surface area contributed by atoms with E-state index in [0.717, 1.165) is 0 Å². The molecule has 17 heavy (non-hydrogen) atoms. The Balaban J connectivity index is 2.20. The van der Waals surface area contributed by atoms with Crippen LogP contribution >= 0.6 is 0 Å². The zero-order chi connectivity index (χ0) is 11.8. The predicted molar refractivity (Wildman–Crippen MR) is 58.7 cm³/mol. The zero-order valence-electron chi connectivity index (χ0n) is 8.55. The van der Waals surface area contributed by atoms with Crippen LogP contribution in [0.3, 0.4) is 0 Å². The summed E-state index contributed by atoms with van der Waals surface area (Å²) in [5.41, 5.74) is 1.38. The van der Waals surface area contributed by atoms with Gasteiger partial charge >= 0.3 is 0 Å². The monoisotopic (exact) mass is 230 g/mol. The zero-order valence-corrected chi connectivity index (χ0v) is 8.55. The van der Waals surface area contributed by atoms with Crippen LogP contribution in [0.2, 0.25) is 0 Å². The molecule has 0 saturated carbocycles. The molecule has 6 heteroatoms. The van der Waals surface area contributed by atoms with Crippen LogP contribution in [-0.2, 0) is 0 Å². The van der Waals surface area contributed by atoms with Crippen molar-refractivity contribution < 1.29 is 9.50 Å². The minimum Gasteiger partial charge on any atom is -0.492 e. The fraction of sp³-hybridized carbons (Fsp3) is 0. The molecule has 5 nitrogen and oxygen atoms in total. The van der Waals surface area contributed by atoms with Gasteiger partial charge in [0, 0.05) is 5.56 Å². The lowest BCUT2D eigenvalue weighted by molar-refractivity contribution is 0.459. The minimum absolute atomic E-state index is 0.199. The summed E-state index contributed by atoms with van der Waals surface area (Å²) in [5, 5.41) is 9.65. The van der Waals surface area contributed by atoms with Crippen LogP contribution < -0.4 is 0 Å². The lowest BCUT2D eigenvalue weighted by atomic mass is 10.2. The first-order valence-electron chi connectivity index (χ1n) is 4.90. The Hall–Kier alpha value is -2.50. The van der Waals surface area contributed by atoms with E-state index in [1.165, 1.54) is 18.5 Å². The fourth-order valence-corrected chi connectivity index (χ4v) is 1.55. The molecule has 2 heterocycles. The number of hydrogen-bond donors (Lipinski definition) is 2. The highest BCUT2D eigenvalue weighted by Crippen LogP contribution is 2.22. The highest BCUT2D eigenvalue weighted by Gasteiger charge is 2.10. The Morgan fingerprint density at radius 2 is 1.88 bits per heavy atom. The van der Waals surface area contributed by atoms with Gasteiger partial charge in [0.15, 0.2) is 17.0 Å². The van der Waals surface area contributed by atoms with Crippen LogP contribution in [0.5, 0.6) is 5.88 Å². The quantitative estimate of drug-likeness (QED) is 0.669. The van der Waals surface area contributed by atoms with Crippen molar-refractivity contribution in [3.05, 3.63) is 36.4 Å². The predicted octanol–water partition coefficient (Wildman–Crippen LogP) is 1.86. The molecule has 2 aromatic heterocycles. The van der Waals surface area contributed by atoms with Gasteiger partial charge in [-0.3, -0.25) is 0 Å². The molecule has 0 fully saturated rings. The van der Waals surface area contributed by atoms with Crippen molar-refractivity contribution in [2.45, 2.75) is 0 Å². The standard InChI is InChI=1S/C11H7FN4O/c12-7-3-1-6(2-4-7)9-15-10-8(11(17)16-9)13-5-14-10/h1-5H,(H2,13,14,15,16,17). The first-order chi connectivity index (χ1) is 8.24. The minimum atomic E-state index is -0.333. The molecule has 1 aromatic carbocycles. The van der Waals surface area contributed by atoms with Crippen molar-refractivity contribution >= 4 is 11.2 Å². The molecule has 0 bridgehead atoms. The van der Waals surface area contributed by atoms with Crippen molar-refractivity contribution in [3.63, 3.8) is 0 Å². The topological polar surface area (TPSA) is 74.7 Å². The molecule has 0 aliphatic heterocycles. The highest BCUT2D eigenvalue weighted by molar-refractivity contribution is 5.77. The van der Waals surface area contributed by atoms with E-state index in [9.17, 15) is 9.50 Å². The summed E-state index contributed by atoms with van der Waals surface area (Å²) in [6, 6.07) is 5.72. The molecular weight excluding hydrogens is 223 g/mol. The first-order valence-corrected chi connectivity index (χ1v) is 4.90. The number of aromatic amines is 1. The molecule has 0 atom stereocenters. The molecule has 0 amide bonds. The van der Waals surface area contributed by atoms with Gasteiger partial charge in [-0.1, -0.05) is 0 Å². The molecule has 0 saturated heterocycles. The smallest absolute Gasteiger partial charge is 0.243 e. The molecule has 0 unspecified atom stereocenters. The first kappa shape index (κ1) is 9.71. The van der Waals surface area contributed by atoms with E-state index in [2.05, 4.69) is 19.9 Å². The summed E-state index contributed by atoms with van der Waals surface area (Å²) in [4.78, 5) is 14.8. The van der Waals surface area contributed by atoms with Crippen molar-refractivity contribution in [1.82, 2.24) is 19.9 Å². The van der Waals surface area contributed by atoms with Crippen LogP contribution in [0.25, 0.3) is 22.6 Å². The van der Waals surface area contributed by atoms with Gasteiger partial charge in [-0.25, -0.2) is 14.4 Å². The summed E-state index contributed by atoms with van der Waals surface area (Å²) >= 11 is 0. The Morgan fingerprint density at radius 3 is 2.65 bits per heavy atom. The van der Waals surface area contributed by atoms with E-state index < -0.39 is 0 Å². The maximum Gasteiger partial charge on any atom is 0.243 e. The average Bonchev–Trinajstić information content (AvgIpc) is 2.78. The molecule has 3 aromatic rings. The average molecular weight is 230 g/mol. The van der Waals surface area contributed by atoms with Gasteiger partial charge in [-0.15, -0.1) is 0 Å². The van der Waals surface area contributed by atoms with E-state index >= 15 is 0 Å². The van der Waals surface area contributed by atoms with Crippen molar-refractivity contribution in [2.24, 2.45) is 0 Å². The number of aromatic hydroxyl groups is 1. The number of rotatable bonds is 1. The molecular formula is C11H7FN4O. The van der Waals surface area contributed by atoms with E-state index in [1.807, 2.05) is 0 Å². The third-order valence-electron chi connectivity index (χ3n) is 2.36. The maximum absolute atomic E-state index is 12.8. The lowest BCUT2D eigenvalue weighted by Gasteiger charge is -2.00. The normalized spacial score (nSPS) is 10.9. The number of nitrogens with zero attached hydrogens (tertiary/aromatic N) is 3. The summed E-state index contributed by atoms with van der Waals surface area (Å²) in [7, 11) is 0. The van der Waals surface area contributed by atoms with Gasteiger partial charge in [0.25, 0.3) is 0 Å². The number of H-pyrrole nitrogens is 1. The maximum atomic E-state index is 12.8. The number of halogens is 1. The van der Waals surface area contributed by atoms with Crippen LogP contribution in [0.1, 0.15) is 0 Å². The fourth-order valence-electron chi connectivity index (χ4n) is 1.55. The Labute approximate surface area is 95.0 Å². The van der Waals surface area contributed by atoms with E-state index in [0.29, 0.717) is 22.6 Å². The Bertz CT molecular complexity index is 678. The van der Waals surface area contributed by atoms with Gasteiger partial charge < -0.3 is 10.1 Å². The molecule has 0 aliphatic rings. The summed E-state index contributed by atoms with van der Waals surface area (Å²) in [5.74, 6) is -0.213. The molecule has 0 radical (unpaired) electrons. The number of aromatic nitrogens is 4. The van der Waals surface area contributed by atoms with E-state index in [-0.39, 0.29) is 11.7 Å². The second kappa shape index (κ2) is 3.51. The number of hydrogen-bond acceptors (Lipinski definition) is 4. The molecule has 0 spiro atoms. The third-order valence-corrected chi connectivity index (χ3v) is 2.36. The van der Waals surface area contributed by atoms with Crippen molar-refractivity contribution in [3.8, 4) is 17.3 Å². The Morgan fingerprint density at radius 1 is 1.12 bits per heavy atom. The van der Waals surface area contributed by atoms with Crippen LogP contribution in [0, 0.1) is 5.82 Å². The molecule has 3 rings (SSSR count). The van der Waals surface area contributed by atoms with Gasteiger partial charge in [0.1, 0.15) is 5.82 Å². The Kier molecular flexibility index (Phi) is 2.01. The lowest BCUT2D eigenvalue weighted by Crippen LogP contribution is -1.91. The largest absolute Gasteiger partial charge is 0.492 e. The number of fused-ring (bicyclic) bond motifs is 1. The van der Waals surface area contributed by atoms with Crippen LogP contribution in [-0.4, -0.2) is 25.0 Å². The SMILES string of the molecule is Oc1nc(-c2ccc(F)cc2)nc2[nH]cnc12. The third kappa shape index (κ3) is 1.59. The van der Waals surface area contributed by atoms with E-state index in [1.54, 1.807) is 12.1 Å². The second-order valence-electron chi connectivity index (χ2n) is 3.48. The molecule has 84 valence electrons. The van der Waals surface area contributed by atoms with E-state index in [4.69, 9.17) is 0 Å². The number of nitrogens with one attached hydrogen (secondary N) is 1. The van der Waals surface area contributed by atoms with Gasteiger partial charge in [-0.05, 0) is 24.3 Å². The number of benzene rings is 1. The van der Waals surface area contributed by atoms with Gasteiger partial charge in [0.2, 0.25) is 5.88 Å². The van der Waals surface area contributed by atoms with Crippen molar-refractivity contribution in [2.75, 3.05) is 0 Å². The molecule has 0 aliphatic carbocycles. The van der Waals surface area contributed by atoms with Gasteiger partial charge in [0.05, 0.1) is 6.33 Å². The van der Waals surface area contributed by atoms with Crippen LogP contribution in [0.15, 0.2) is 30.6 Å². The molecule has 2 N–H and O–H groups in total.